The third-order valence-electron chi connectivity index (χ3n) is 3.14. The molecule has 0 atom stereocenters. The number of hydrogen-bond donors (Lipinski definition) is 1. The summed E-state index contributed by atoms with van der Waals surface area (Å²) in [5.74, 6) is 2.24. The van der Waals surface area contributed by atoms with Gasteiger partial charge in [-0.05, 0) is 37.1 Å². The van der Waals surface area contributed by atoms with Crippen LogP contribution in [0.3, 0.4) is 0 Å². The molecule has 0 spiro atoms. The van der Waals surface area contributed by atoms with E-state index in [9.17, 15) is 0 Å². The fraction of sp³-hybridized carbons (Fsp3) is 0.571. The van der Waals surface area contributed by atoms with E-state index in [0.29, 0.717) is 23.1 Å². The summed E-state index contributed by atoms with van der Waals surface area (Å²) in [5.41, 5.74) is 1.09. The van der Waals surface area contributed by atoms with E-state index in [0.717, 1.165) is 24.4 Å². The number of ether oxygens (including phenoxy) is 2. The molecule has 100 valence electrons. The molecule has 0 radical (unpaired) electrons. The molecule has 0 aliphatic heterocycles. The van der Waals surface area contributed by atoms with Crippen molar-refractivity contribution in [1.29, 1.82) is 0 Å². The van der Waals surface area contributed by atoms with Crippen LogP contribution in [0.25, 0.3) is 0 Å². The Hall–Kier alpha value is -0.930. The number of hydrogen-bond acceptors (Lipinski definition) is 3. The summed E-state index contributed by atoms with van der Waals surface area (Å²) in [6.45, 7) is 1.48. The highest BCUT2D eigenvalue weighted by atomic mass is 35.5. The summed E-state index contributed by atoms with van der Waals surface area (Å²) in [5, 5.41) is 3.71. The molecule has 1 N–H and O–H groups in total. The monoisotopic (exact) mass is 269 g/mol. The van der Waals surface area contributed by atoms with Crippen LogP contribution in [-0.2, 0) is 6.54 Å². The second-order valence-corrected chi connectivity index (χ2v) is 5.13. The van der Waals surface area contributed by atoms with Crippen LogP contribution in [0, 0.1) is 5.92 Å². The van der Waals surface area contributed by atoms with E-state index >= 15 is 0 Å². The van der Waals surface area contributed by atoms with E-state index in [1.54, 1.807) is 7.11 Å². The number of benzene rings is 1. The minimum Gasteiger partial charge on any atom is -0.493 e. The van der Waals surface area contributed by atoms with Gasteiger partial charge in [0.1, 0.15) is 0 Å². The van der Waals surface area contributed by atoms with Crippen molar-refractivity contribution in [2.24, 2.45) is 5.92 Å². The van der Waals surface area contributed by atoms with Crippen molar-refractivity contribution >= 4 is 11.6 Å². The molecule has 0 aromatic heterocycles. The van der Waals surface area contributed by atoms with Crippen LogP contribution in [-0.4, -0.2) is 20.8 Å². The summed E-state index contributed by atoms with van der Waals surface area (Å²) < 4.78 is 11.1. The predicted molar refractivity (Wildman–Crippen MR) is 73.6 cm³/mol. The highest BCUT2D eigenvalue weighted by Crippen LogP contribution is 2.38. The summed E-state index contributed by atoms with van der Waals surface area (Å²) in [4.78, 5) is 0. The van der Waals surface area contributed by atoms with Crippen molar-refractivity contribution in [3.05, 3.63) is 22.7 Å². The second kappa shape index (κ2) is 6.30. The lowest BCUT2D eigenvalue weighted by molar-refractivity contribution is 0.283. The molecule has 18 heavy (non-hydrogen) atoms. The number of halogens is 1. The molecule has 1 aromatic rings. The van der Waals surface area contributed by atoms with Gasteiger partial charge in [0.25, 0.3) is 0 Å². The molecule has 1 saturated carbocycles. The molecular formula is C14H20ClNO2. The van der Waals surface area contributed by atoms with Gasteiger partial charge in [0, 0.05) is 6.54 Å². The van der Waals surface area contributed by atoms with Crippen LogP contribution in [0.4, 0.5) is 0 Å². The quantitative estimate of drug-likeness (QED) is 0.824. The molecule has 3 nitrogen and oxygen atoms in total. The first-order valence-corrected chi connectivity index (χ1v) is 6.76. The Morgan fingerprint density at radius 1 is 1.39 bits per heavy atom. The zero-order valence-corrected chi connectivity index (χ0v) is 11.7. The summed E-state index contributed by atoms with van der Waals surface area (Å²) >= 11 is 6.25. The van der Waals surface area contributed by atoms with E-state index < -0.39 is 0 Å². The second-order valence-electron chi connectivity index (χ2n) is 4.72. The maximum absolute atomic E-state index is 6.25. The van der Waals surface area contributed by atoms with Crippen molar-refractivity contribution in [1.82, 2.24) is 5.32 Å². The smallest absolute Gasteiger partial charge is 0.179 e. The topological polar surface area (TPSA) is 30.5 Å². The molecule has 0 bridgehead atoms. The van der Waals surface area contributed by atoms with Crippen molar-refractivity contribution < 1.29 is 9.47 Å². The average molecular weight is 270 g/mol. The van der Waals surface area contributed by atoms with Gasteiger partial charge in [0.15, 0.2) is 11.5 Å². The SMILES string of the molecule is CNCc1cc(Cl)c(OCCC2CC2)c(OC)c1. The molecule has 0 unspecified atom stereocenters. The van der Waals surface area contributed by atoms with E-state index in [1.807, 2.05) is 19.2 Å². The van der Waals surface area contributed by atoms with Crippen molar-refractivity contribution in [2.75, 3.05) is 20.8 Å². The van der Waals surface area contributed by atoms with Crippen LogP contribution in [0.2, 0.25) is 5.02 Å². The first kappa shape index (κ1) is 13.5. The van der Waals surface area contributed by atoms with Gasteiger partial charge in [-0.25, -0.2) is 0 Å². The zero-order valence-electron chi connectivity index (χ0n) is 11.0. The lowest BCUT2D eigenvalue weighted by atomic mass is 10.2. The largest absolute Gasteiger partial charge is 0.493 e. The van der Waals surface area contributed by atoms with Crippen LogP contribution in [0.15, 0.2) is 12.1 Å². The highest BCUT2D eigenvalue weighted by Gasteiger charge is 2.21. The molecule has 1 fully saturated rings. The Morgan fingerprint density at radius 2 is 2.17 bits per heavy atom. The summed E-state index contributed by atoms with van der Waals surface area (Å²) in [6, 6.07) is 3.89. The van der Waals surface area contributed by atoms with Gasteiger partial charge in [-0.3, -0.25) is 0 Å². The van der Waals surface area contributed by atoms with Gasteiger partial charge in [-0.1, -0.05) is 24.4 Å². The summed E-state index contributed by atoms with van der Waals surface area (Å²) in [6.07, 6.45) is 3.79. The Kier molecular flexibility index (Phi) is 4.72. The van der Waals surface area contributed by atoms with Crippen LogP contribution >= 0.6 is 11.6 Å². The predicted octanol–water partition coefficient (Wildman–Crippen LogP) is 3.25. The normalized spacial score (nSPS) is 14.6. The van der Waals surface area contributed by atoms with Crippen molar-refractivity contribution in [2.45, 2.75) is 25.8 Å². The molecule has 1 aromatic carbocycles. The fourth-order valence-corrected chi connectivity index (χ4v) is 2.24. The summed E-state index contributed by atoms with van der Waals surface area (Å²) in [7, 11) is 3.54. The molecule has 0 heterocycles. The Morgan fingerprint density at radius 3 is 2.78 bits per heavy atom. The first-order valence-electron chi connectivity index (χ1n) is 6.38. The molecular weight excluding hydrogens is 250 g/mol. The lowest BCUT2D eigenvalue weighted by Gasteiger charge is -2.14. The van der Waals surface area contributed by atoms with Crippen molar-refractivity contribution in [3.8, 4) is 11.5 Å². The van der Waals surface area contributed by atoms with Gasteiger partial charge in [0.2, 0.25) is 0 Å². The van der Waals surface area contributed by atoms with Gasteiger partial charge in [0.05, 0.1) is 18.7 Å². The minimum absolute atomic E-state index is 0.621. The number of nitrogens with one attached hydrogen (secondary N) is 1. The molecule has 2 rings (SSSR count). The first-order chi connectivity index (χ1) is 8.74. The number of methoxy groups -OCH3 is 1. The van der Waals surface area contributed by atoms with Crippen LogP contribution in [0.5, 0.6) is 11.5 Å². The van der Waals surface area contributed by atoms with E-state index in [4.69, 9.17) is 21.1 Å². The minimum atomic E-state index is 0.621. The van der Waals surface area contributed by atoms with E-state index in [2.05, 4.69) is 5.32 Å². The maximum Gasteiger partial charge on any atom is 0.179 e. The average Bonchev–Trinajstić information content (AvgIpc) is 3.15. The fourth-order valence-electron chi connectivity index (χ4n) is 1.95. The van der Waals surface area contributed by atoms with E-state index in [1.165, 1.54) is 12.8 Å². The highest BCUT2D eigenvalue weighted by molar-refractivity contribution is 6.32. The Labute approximate surface area is 113 Å². The van der Waals surface area contributed by atoms with Gasteiger partial charge >= 0.3 is 0 Å². The van der Waals surface area contributed by atoms with Crippen LogP contribution in [0.1, 0.15) is 24.8 Å². The number of rotatable bonds is 7. The van der Waals surface area contributed by atoms with Gasteiger partial charge < -0.3 is 14.8 Å². The van der Waals surface area contributed by atoms with Crippen LogP contribution < -0.4 is 14.8 Å². The third kappa shape index (κ3) is 3.53. The lowest BCUT2D eigenvalue weighted by Crippen LogP contribution is -2.06. The Balaban J connectivity index is 2.05. The Bertz CT molecular complexity index is 405. The standard InChI is InChI=1S/C14H20ClNO2/c1-16-9-11-7-12(15)14(13(8-11)17-2)18-6-5-10-3-4-10/h7-8,10,16H,3-6,9H2,1-2H3. The molecule has 0 saturated heterocycles. The van der Waals surface area contributed by atoms with E-state index in [-0.39, 0.29) is 0 Å². The molecule has 0 amide bonds. The van der Waals surface area contributed by atoms with Gasteiger partial charge in [-0.2, -0.15) is 0 Å². The zero-order chi connectivity index (χ0) is 13.0. The molecule has 1 aliphatic rings. The molecule has 4 heteroatoms. The van der Waals surface area contributed by atoms with Gasteiger partial charge in [-0.15, -0.1) is 0 Å². The molecule has 1 aliphatic carbocycles. The third-order valence-corrected chi connectivity index (χ3v) is 3.42. The maximum atomic E-state index is 6.25. The van der Waals surface area contributed by atoms with Crippen molar-refractivity contribution in [3.63, 3.8) is 0 Å².